The number of benzene rings is 1. The Kier molecular flexibility index (Phi) is 9.81. The molecule has 156 valence electrons. The van der Waals surface area contributed by atoms with Crippen molar-refractivity contribution in [3.63, 3.8) is 0 Å². The molecular weight excluding hydrogens is 403 g/mol. The summed E-state index contributed by atoms with van der Waals surface area (Å²) in [4.78, 5) is 23.5. The Bertz CT molecular complexity index is 694. The standard InChI is InChI=1S/C18H21ClF3NO5/c1-3-27-16(24)10-12(28-15-7-5-4-6-13(15)19)11-23-14(17(25)26-2)8-9-18(20,21)22/h4-7,10,14,23H,3,8-9,11H2,1-2H3. The van der Waals surface area contributed by atoms with Crippen LogP contribution in [0.15, 0.2) is 36.1 Å². The summed E-state index contributed by atoms with van der Waals surface area (Å²) in [6.45, 7) is 1.50. The normalized spacial score (nSPS) is 13.0. The van der Waals surface area contributed by atoms with Crippen LogP contribution in [0.3, 0.4) is 0 Å². The van der Waals surface area contributed by atoms with E-state index in [4.69, 9.17) is 21.1 Å². The Labute approximate surface area is 165 Å². The molecule has 1 atom stereocenters. The molecule has 0 amide bonds. The second-order valence-electron chi connectivity index (χ2n) is 5.51. The van der Waals surface area contributed by atoms with E-state index in [1.807, 2.05) is 0 Å². The van der Waals surface area contributed by atoms with Crippen molar-refractivity contribution in [3.05, 3.63) is 41.1 Å². The Balaban J connectivity index is 2.92. The van der Waals surface area contributed by atoms with E-state index in [0.29, 0.717) is 0 Å². The fourth-order valence-corrected chi connectivity index (χ4v) is 2.25. The number of esters is 2. The van der Waals surface area contributed by atoms with E-state index < -0.39 is 37.0 Å². The Hall–Kier alpha value is -2.26. The van der Waals surface area contributed by atoms with Gasteiger partial charge in [0.1, 0.15) is 17.6 Å². The number of hydrogen-bond donors (Lipinski definition) is 1. The average molecular weight is 424 g/mol. The summed E-state index contributed by atoms with van der Waals surface area (Å²) in [5.74, 6) is -1.34. The first-order chi connectivity index (χ1) is 13.2. The van der Waals surface area contributed by atoms with Crippen LogP contribution in [0.25, 0.3) is 0 Å². The first-order valence-corrected chi connectivity index (χ1v) is 8.71. The van der Waals surface area contributed by atoms with Crippen molar-refractivity contribution < 1.29 is 37.0 Å². The van der Waals surface area contributed by atoms with E-state index in [9.17, 15) is 22.8 Å². The summed E-state index contributed by atoms with van der Waals surface area (Å²) >= 11 is 6.01. The predicted molar refractivity (Wildman–Crippen MR) is 95.9 cm³/mol. The summed E-state index contributed by atoms with van der Waals surface area (Å²) in [5, 5.41) is 2.87. The molecule has 1 aromatic rings. The highest BCUT2D eigenvalue weighted by Gasteiger charge is 2.31. The summed E-state index contributed by atoms with van der Waals surface area (Å²) in [6, 6.07) is 5.19. The van der Waals surface area contributed by atoms with Crippen molar-refractivity contribution in [2.24, 2.45) is 0 Å². The number of ether oxygens (including phenoxy) is 3. The summed E-state index contributed by atoms with van der Waals surface area (Å²) in [5.41, 5.74) is 0. The summed E-state index contributed by atoms with van der Waals surface area (Å²) in [6.07, 6.45) is -5.11. The molecule has 0 aromatic heterocycles. The number of para-hydroxylation sites is 1. The van der Waals surface area contributed by atoms with Gasteiger partial charge in [-0.15, -0.1) is 0 Å². The van der Waals surface area contributed by atoms with E-state index in [1.54, 1.807) is 31.2 Å². The third kappa shape index (κ3) is 9.09. The van der Waals surface area contributed by atoms with Crippen LogP contribution in [-0.4, -0.2) is 44.4 Å². The van der Waals surface area contributed by atoms with Crippen LogP contribution in [0.1, 0.15) is 19.8 Å². The highest BCUT2D eigenvalue weighted by molar-refractivity contribution is 6.32. The minimum atomic E-state index is -4.42. The zero-order valence-electron chi connectivity index (χ0n) is 15.3. The molecule has 0 fully saturated rings. The Morgan fingerprint density at radius 3 is 2.54 bits per heavy atom. The highest BCUT2D eigenvalue weighted by atomic mass is 35.5. The SMILES string of the molecule is CCOC(=O)C=C(CNC(CCC(F)(F)F)C(=O)OC)Oc1ccccc1Cl. The second kappa shape index (κ2) is 11.6. The molecule has 0 saturated heterocycles. The molecule has 0 aliphatic heterocycles. The van der Waals surface area contributed by atoms with Gasteiger partial charge in [0.15, 0.2) is 0 Å². The largest absolute Gasteiger partial charge is 0.468 e. The number of carbonyl (C=O) groups excluding carboxylic acids is 2. The molecule has 0 spiro atoms. The number of hydrogen-bond acceptors (Lipinski definition) is 6. The molecule has 1 aromatic carbocycles. The molecule has 28 heavy (non-hydrogen) atoms. The molecule has 0 radical (unpaired) electrons. The van der Waals surface area contributed by atoms with E-state index in [1.165, 1.54) is 0 Å². The van der Waals surface area contributed by atoms with Gasteiger partial charge in [0, 0.05) is 6.42 Å². The van der Waals surface area contributed by atoms with Gasteiger partial charge in [-0.25, -0.2) is 4.79 Å². The fourth-order valence-electron chi connectivity index (χ4n) is 2.08. The van der Waals surface area contributed by atoms with E-state index in [-0.39, 0.29) is 29.7 Å². The third-order valence-corrected chi connectivity index (χ3v) is 3.68. The van der Waals surface area contributed by atoms with Gasteiger partial charge in [-0.2, -0.15) is 13.2 Å². The first-order valence-electron chi connectivity index (χ1n) is 8.34. The van der Waals surface area contributed by atoms with Gasteiger partial charge in [-0.05, 0) is 25.5 Å². The van der Waals surface area contributed by atoms with Crippen LogP contribution in [0.5, 0.6) is 5.75 Å². The lowest BCUT2D eigenvalue weighted by Crippen LogP contribution is -2.40. The quantitative estimate of drug-likeness (QED) is 0.352. The zero-order chi connectivity index (χ0) is 21.2. The van der Waals surface area contributed by atoms with Crippen LogP contribution in [0.4, 0.5) is 13.2 Å². The molecule has 1 unspecified atom stereocenters. The number of alkyl halides is 3. The summed E-state index contributed by atoms with van der Waals surface area (Å²) < 4.78 is 52.3. The van der Waals surface area contributed by atoms with E-state index in [0.717, 1.165) is 13.2 Å². The van der Waals surface area contributed by atoms with Gasteiger partial charge < -0.3 is 14.2 Å². The molecular formula is C18H21ClF3NO5. The maximum atomic E-state index is 12.5. The van der Waals surface area contributed by atoms with Crippen LogP contribution < -0.4 is 10.1 Å². The fraction of sp³-hybridized carbons (Fsp3) is 0.444. The molecule has 1 rings (SSSR count). The molecule has 0 aliphatic carbocycles. The van der Waals surface area contributed by atoms with Crippen molar-refractivity contribution in [1.82, 2.24) is 5.32 Å². The van der Waals surface area contributed by atoms with Crippen molar-refractivity contribution in [2.45, 2.75) is 32.0 Å². The Morgan fingerprint density at radius 2 is 1.96 bits per heavy atom. The van der Waals surface area contributed by atoms with Gasteiger partial charge in [0.05, 0.1) is 31.4 Å². The molecule has 0 saturated carbocycles. The van der Waals surface area contributed by atoms with Crippen LogP contribution in [0.2, 0.25) is 5.02 Å². The maximum absolute atomic E-state index is 12.5. The van der Waals surface area contributed by atoms with Gasteiger partial charge in [-0.3, -0.25) is 10.1 Å². The van der Waals surface area contributed by atoms with Crippen LogP contribution in [0, 0.1) is 0 Å². The van der Waals surface area contributed by atoms with Crippen LogP contribution >= 0.6 is 11.6 Å². The Morgan fingerprint density at radius 1 is 1.29 bits per heavy atom. The van der Waals surface area contributed by atoms with E-state index >= 15 is 0 Å². The van der Waals surface area contributed by atoms with Gasteiger partial charge >= 0.3 is 18.1 Å². The molecule has 0 aliphatic rings. The average Bonchev–Trinajstić information content (AvgIpc) is 2.62. The summed E-state index contributed by atoms with van der Waals surface area (Å²) in [7, 11) is 1.07. The van der Waals surface area contributed by atoms with Gasteiger partial charge in [-0.1, -0.05) is 23.7 Å². The molecule has 10 heteroatoms. The number of nitrogens with one attached hydrogen (secondary N) is 1. The number of halogens is 4. The van der Waals surface area contributed by atoms with Crippen LogP contribution in [-0.2, 0) is 19.1 Å². The first kappa shape index (κ1) is 23.8. The lowest BCUT2D eigenvalue weighted by Gasteiger charge is -2.19. The second-order valence-corrected chi connectivity index (χ2v) is 5.91. The smallest absolute Gasteiger partial charge is 0.389 e. The van der Waals surface area contributed by atoms with Crippen molar-refractivity contribution in [1.29, 1.82) is 0 Å². The lowest BCUT2D eigenvalue weighted by atomic mass is 10.1. The maximum Gasteiger partial charge on any atom is 0.389 e. The number of rotatable bonds is 10. The predicted octanol–water partition coefficient (Wildman–Crippen LogP) is 3.64. The monoisotopic (exact) mass is 423 g/mol. The van der Waals surface area contributed by atoms with E-state index in [2.05, 4.69) is 10.1 Å². The molecule has 0 bridgehead atoms. The van der Waals surface area contributed by atoms with Gasteiger partial charge in [0.2, 0.25) is 0 Å². The molecule has 1 N–H and O–H groups in total. The highest BCUT2D eigenvalue weighted by Crippen LogP contribution is 2.25. The zero-order valence-corrected chi connectivity index (χ0v) is 16.1. The number of methoxy groups -OCH3 is 1. The minimum absolute atomic E-state index is 0.00691. The molecule has 0 heterocycles. The topological polar surface area (TPSA) is 73.9 Å². The number of carbonyl (C=O) groups is 2. The van der Waals surface area contributed by atoms with Gasteiger partial charge in [0.25, 0.3) is 0 Å². The van der Waals surface area contributed by atoms with Crippen molar-refractivity contribution in [2.75, 3.05) is 20.3 Å². The minimum Gasteiger partial charge on any atom is -0.468 e. The molecule has 6 nitrogen and oxygen atoms in total. The third-order valence-electron chi connectivity index (χ3n) is 3.37. The van der Waals surface area contributed by atoms with Crippen molar-refractivity contribution >= 4 is 23.5 Å². The lowest BCUT2D eigenvalue weighted by molar-refractivity contribution is -0.148. The van der Waals surface area contributed by atoms with Crippen molar-refractivity contribution in [3.8, 4) is 5.75 Å².